The van der Waals surface area contributed by atoms with Crippen molar-refractivity contribution in [2.45, 2.75) is 11.9 Å². The monoisotopic (exact) mass is 515 g/mol. The van der Waals surface area contributed by atoms with E-state index < -0.39 is 39.5 Å². The number of amides is 1. The summed E-state index contributed by atoms with van der Waals surface area (Å²) in [5, 5.41) is 11.3. The zero-order valence-electron chi connectivity index (χ0n) is 18.8. The van der Waals surface area contributed by atoms with Gasteiger partial charge in [-0.15, -0.1) is 0 Å². The second-order valence-corrected chi connectivity index (χ2v) is 8.71. The Kier molecular flexibility index (Phi) is 6.08. The number of aliphatic hydroxyl groups is 1. The molecule has 1 aromatic heterocycles. The molecule has 1 saturated heterocycles. The van der Waals surface area contributed by atoms with Gasteiger partial charge in [0.25, 0.3) is 16.3 Å². The first kappa shape index (κ1) is 24.3. The van der Waals surface area contributed by atoms with Gasteiger partial charge in [0.05, 0.1) is 18.5 Å². The number of anilines is 1. The van der Waals surface area contributed by atoms with Gasteiger partial charge in [0.2, 0.25) is 0 Å². The fraction of sp³-hybridized carbons (Fsp3) is 0.167. The van der Waals surface area contributed by atoms with E-state index in [2.05, 4.69) is 0 Å². The summed E-state index contributed by atoms with van der Waals surface area (Å²) in [4.78, 5) is 50.9. The summed E-state index contributed by atoms with van der Waals surface area (Å²) >= 11 is 12.6. The number of ketones is 1. The molecule has 9 nitrogen and oxygen atoms in total. The number of benzene rings is 2. The number of methoxy groups -OCH3 is 1. The van der Waals surface area contributed by atoms with Gasteiger partial charge in [-0.05, 0) is 43.3 Å². The van der Waals surface area contributed by atoms with Gasteiger partial charge < -0.3 is 9.84 Å². The summed E-state index contributed by atoms with van der Waals surface area (Å²) in [6.07, 6.45) is 0. The number of aromatic nitrogens is 2. The van der Waals surface area contributed by atoms with Crippen molar-refractivity contribution in [2.75, 3.05) is 12.0 Å². The predicted octanol–water partition coefficient (Wildman–Crippen LogP) is 3.13. The van der Waals surface area contributed by atoms with Crippen LogP contribution in [0.5, 0.6) is 0 Å². The SMILES string of the molecule is COC(=O)C1(Cl)/C(=C(/O)c2ccc(Cl)cc2)C(=O)C(=O)N1c1c(C)n(C)n(-c2ccccc2)c1=O. The van der Waals surface area contributed by atoms with E-state index in [1.807, 2.05) is 0 Å². The average molecular weight is 516 g/mol. The first-order valence-corrected chi connectivity index (χ1v) is 11.0. The van der Waals surface area contributed by atoms with E-state index in [1.54, 1.807) is 37.4 Å². The van der Waals surface area contributed by atoms with Gasteiger partial charge in [0.1, 0.15) is 17.0 Å². The maximum atomic E-state index is 13.6. The Morgan fingerprint density at radius 2 is 1.63 bits per heavy atom. The van der Waals surface area contributed by atoms with Crippen LogP contribution in [0.3, 0.4) is 0 Å². The number of ether oxygens (including phenoxy) is 1. The van der Waals surface area contributed by atoms with E-state index in [0.29, 0.717) is 15.6 Å². The minimum absolute atomic E-state index is 0.0767. The zero-order chi connectivity index (χ0) is 25.7. The highest BCUT2D eigenvalue weighted by atomic mass is 35.5. The van der Waals surface area contributed by atoms with E-state index in [9.17, 15) is 24.3 Å². The number of hydrogen-bond acceptors (Lipinski definition) is 6. The van der Waals surface area contributed by atoms with Gasteiger partial charge in [-0.2, -0.15) is 0 Å². The van der Waals surface area contributed by atoms with Crippen LogP contribution >= 0.6 is 23.2 Å². The number of carbonyl (C=O) groups is 3. The highest BCUT2D eigenvalue weighted by Gasteiger charge is 2.63. The van der Waals surface area contributed by atoms with Crippen LogP contribution in [0.1, 0.15) is 11.3 Å². The predicted molar refractivity (Wildman–Crippen MR) is 130 cm³/mol. The van der Waals surface area contributed by atoms with Gasteiger partial charge >= 0.3 is 11.9 Å². The number of halogens is 2. The Hall–Kier alpha value is -3.82. The maximum absolute atomic E-state index is 13.6. The molecule has 1 aliphatic heterocycles. The van der Waals surface area contributed by atoms with Crippen LogP contribution in [0.2, 0.25) is 5.02 Å². The van der Waals surface area contributed by atoms with Crippen molar-refractivity contribution in [1.29, 1.82) is 0 Å². The lowest BCUT2D eigenvalue weighted by Crippen LogP contribution is -2.51. The summed E-state index contributed by atoms with van der Waals surface area (Å²) in [6, 6.07) is 14.2. The first-order chi connectivity index (χ1) is 16.5. The molecular weight excluding hydrogens is 497 g/mol. The van der Waals surface area contributed by atoms with Crippen molar-refractivity contribution in [1.82, 2.24) is 9.36 Å². The fourth-order valence-corrected chi connectivity index (χ4v) is 4.56. The van der Waals surface area contributed by atoms with Crippen molar-refractivity contribution in [3.8, 4) is 5.69 Å². The number of nitrogens with zero attached hydrogens (tertiary/aromatic N) is 3. The standard InChI is InChI=1S/C24H19Cl2N3O6/c1-13-18(21(32)29(27(13)2)16-7-5-4-6-8-16)28-22(33)20(31)17(24(28,26)23(34)35-3)19(30)14-9-11-15(25)12-10-14/h4-12,30H,1-3H3/b19-17+. The molecule has 2 heterocycles. The van der Waals surface area contributed by atoms with Crippen LogP contribution in [-0.4, -0.2) is 44.2 Å². The quantitative estimate of drug-likeness (QED) is 0.143. The van der Waals surface area contributed by atoms with Crippen molar-refractivity contribution in [3.63, 3.8) is 0 Å². The maximum Gasteiger partial charge on any atom is 0.353 e. The molecule has 35 heavy (non-hydrogen) atoms. The summed E-state index contributed by atoms with van der Waals surface area (Å²) in [6.45, 7) is 1.53. The number of carbonyl (C=O) groups excluding carboxylic acids is 3. The molecule has 1 N–H and O–H groups in total. The van der Waals surface area contributed by atoms with Gasteiger partial charge in [0, 0.05) is 17.6 Å². The van der Waals surface area contributed by atoms with Crippen LogP contribution < -0.4 is 10.5 Å². The van der Waals surface area contributed by atoms with E-state index in [0.717, 1.165) is 7.11 Å². The molecule has 2 aromatic carbocycles. The van der Waals surface area contributed by atoms with Crippen molar-refractivity contribution < 1.29 is 24.2 Å². The lowest BCUT2D eigenvalue weighted by Gasteiger charge is -2.29. The van der Waals surface area contributed by atoms with Gasteiger partial charge in [-0.25, -0.2) is 9.48 Å². The molecule has 1 fully saturated rings. The molecule has 1 aliphatic rings. The summed E-state index contributed by atoms with van der Waals surface area (Å²) in [7, 11) is 2.58. The molecule has 0 saturated carbocycles. The van der Waals surface area contributed by atoms with Crippen LogP contribution in [0.15, 0.2) is 65.0 Å². The molecule has 1 amide bonds. The number of Topliss-reactive ketones (excluding diaryl/α,β-unsaturated/α-hetero) is 1. The highest BCUT2D eigenvalue weighted by molar-refractivity contribution is 6.61. The fourth-order valence-electron chi connectivity index (χ4n) is 4.02. The van der Waals surface area contributed by atoms with E-state index >= 15 is 0 Å². The Morgan fingerprint density at radius 1 is 1.03 bits per heavy atom. The number of alkyl halides is 1. The summed E-state index contributed by atoms with van der Waals surface area (Å²) in [5.41, 5.74) is -0.959. The van der Waals surface area contributed by atoms with Crippen LogP contribution in [0.4, 0.5) is 5.69 Å². The Labute approximate surface area is 209 Å². The topological polar surface area (TPSA) is 111 Å². The van der Waals surface area contributed by atoms with Crippen molar-refractivity contribution in [3.05, 3.63) is 86.8 Å². The van der Waals surface area contributed by atoms with Crippen LogP contribution in [0.25, 0.3) is 11.4 Å². The van der Waals surface area contributed by atoms with Crippen LogP contribution in [-0.2, 0) is 26.2 Å². The number of hydrogen-bond donors (Lipinski definition) is 1. The van der Waals surface area contributed by atoms with Crippen molar-refractivity contribution >= 4 is 52.3 Å². The first-order valence-electron chi connectivity index (χ1n) is 10.3. The Morgan fingerprint density at radius 3 is 2.20 bits per heavy atom. The van der Waals surface area contributed by atoms with Gasteiger partial charge in [-0.3, -0.25) is 24.0 Å². The largest absolute Gasteiger partial charge is 0.507 e. The number of para-hydroxylation sites is 1. The Bertz CT molecular complexity index is 1460. The molecule has 1 unspecified atom stereocenters. The van der Waals surface area contributed by atoms with E-state index in [-0.39, 0.29) is 16.9 Å². The third-order valence-corrected chi connectivity index (χ3v) is 6.59. The lowest BCUT2D eigenvalue weighted by atomic mass is 10.00. The lowest BCUT2D eigenvalue weighted by molar-refractivity contribution is -0.143. The molecule has 0 aliphatic carbocycles. The molecule has 0 radical (unpaired) electrons. The normalized spacial score (nSPS) is 19.3. The number of esters is 1. The second-order valence-electron chi connectivity index (χ2n) is 7.72. The summed E-state index contributed by atoms with van der Waals surface area (Å²) in [5.74, 6) is -4.48. The van der Waals surface area contributed by atoms with Gasteiger partial charge in [-0.1, -0.05) is 41.4 Å². The minimum atomic E-state index is -2.65. The average Bonchev–Trinajstić information content (AvgIpc) is 3.19. The number of aliphatic hydroxyl groups excluding tert-OH is 1. The third-order valence-electron chi connectivity index (χ3n) is 5.82. The number of rotatable bonds is 4. The van der Waals surface area contributed by atoms with Crippen molar-refractivity contribution in [2.24, 2.45) is 7.05 Å². The highest BCUT2D eigenvalue weighted by Crippen LogP contribution is 2.44. The Balaban J connectivity index is 2.02. The van der Waals surface area contributed by atoms with E-state index in [1.165, 1.54) is 40.6 Å². The molecule has 1 atom stereocenters. The minimum Gasteiger partial charge on any atom is -0.507 e. The van der Waals surface area contributed by atoms with Gasteiger partial charge in [0.15, 0.2) is 0 Å². The molecule has 180 valence electrons. The molecule has 4 rings (SSSR count). The molecular formula is C24H19Cl2N3O6. The molecule has 0 bridgehead atoms. The zero-order valence-corrected chi connectivity index (χ0v) is 20.3. The summed E-state index contributed by atoms with van der Waals surface area (Å²) < 4.78 is 7.54. The second kappa shape index (κ2) is 8.75. The third kappa shape index (κ3) is 3.55. The van der Waals surface area contributed by atoms with Crippen LogP contribution in [0, 0.1) is 6.92 Å². The molecule has 11 heteroatoms. The molecule has 3 aromatic rings. The molecule has 0 spiro atoms. The van der Waals surface area contributed by atoms with E-state index in [4.69, 9.17) is 27.9 Å². The smallest absolute Gasteiger partial charge is 0.353 e.